The molecule has 0 radical (unpaired) electrons. The maximum absolute atomic E-state index is 14.2. The van der Waals surface area contributed by atoms with Crippen LogP contribution >= 0.6 is 11.6 Å². The van der Waals surface area contributed by atoms with Crippen LogP contribution in [0.25, 0.3) is 11.0 Å². The van der Waals surface area contributed by atoms with Crippen LogP contribution in [0.4, 0.5) is 4.39 Å². The summed E-state index contributed by atoms with van der Waals surface area (Å²) in [7, 11) is 0. The highest BCUT2D eigenvalue weighted by molar-refractivity contribution is 6.17. The Hall–Kier alpha value is -2.97. The Morgan fingerprint density at radius 3 is 2.79 bits per heavy atom. The summed E-state index contributed by atoms with van der Waals surface area (Å²) in [6.45, 7) is 0.849. The zero-order valence-corrected chi connectivity index (χ0v) is 16.4. The number of hydrogen-bond acceptors (Lipinski definition) is 6. The van der Waals surface area contributed by atoms with Gasteiger partial charge in [-0.15, -0.1) is 11.6 Å². The molecule has 0 saturated heterocycles. The lowest BCUT2D eigenvalue weighted by Crippen LogP contribution is -2.48. The summed E-state index contributed by atoms with van der Waals surface area (Å²) in [5.74, 6) is 1.10. The number of nitrogens with two attached hydrogens (primary N) is 2. The van der Waals surface area contributed by atoms with Crippen molar-refractivity contribution in [2.45, 2.75) is 19.1 Å². The normalized spacial score (nSPS) is 16.8. The van der Waals surface area contributed by atoms with Gasteiger partial charge in [-0.2, -0.15) is 5.10 Å². The van der Waals surface area contributed by atoms with Gasteiger partial charge in [0, 0.05) is 24.2 Å². The number of benzene rings is 1. The average Bonchev–Trinajstić information content (AvgIpc) is 3.07. The quantitative estimate of drug-likeness (QED) is 0.604. The number of pyridine rings is 1. The predicted molar refractivity (Wildman–Crippen MR) is 112 cm³/mol. The summed E-state index contributed by atoms with van der Waals surface area (Å²) >= 11 is 5.88. The molecule has 0 aliphatic carbocycles. The highest BCUT2D eigenvalue weighted by Crippen LogP contribution is 2.23. The Morgan fingerprint density at radius 1 is 1.17 bits per heavy atom. The van der Waals surface area contributed by atoms with Gasteiger partial charge in [-0.25, -0.2) is 19.0 Å². The van der Waals surface area contributed by atoms with Crippen LogP contribution in [0.2, 0.25) is 0 Å². The van der Waals surface area contributed by atoms with Crippen molar-refractivity contribution in [2.75, 3.05) is 12.4 Å². The number of fused-ring (bicyclic) bond motifs is 1. The lowest BCUT2D eigenvalue weighted by atomic mass is 10.2. The number of nitrogens with zero attached hydrogens (tertiary/aromatic N) is 5. The van der Waals surface area contributed by atoms with Crippen molar-refractivity contribution in [3.8, 4) is 0 Å². The van der Waals surface area contributed by atoms with E-state index in [0.717, 1.165) is 11.8 Å². The van der Waals surface area contributed by atoms with Crippen molar-refractivity contribution in [3.63, 3.8) is 0 Å². The van der Waals surface area contributed by atoms with Crippen LogP contribution in [0.3, 0.4) is 0 Å². The Morgan fingerprint density at radius 2 is 2.00 bits per heavy atom. The summed E-state index contributed by atoms with van der Waals surface area (Å²) in [5, 5.41) is 5.51. The van der Waals surface area contributed by atoms with Crippen LogP contribution in [0.15, 0.2) is 59.5 Å². The summed E-state index contributed by atoms with van der Waals surface area (Å²) in [6.07, 6.45) is 3.66. The van der Waals surface area contributed by atoms with Gasteiger partial charge in [-0.1, -0.05) is 18.2 Å². The molecule has 1 atom stereocenters. The molecule has 3 aromatic rings. The molecule has 1 aliphatic heterocycles. The van der Waals surface area contributed by atoms with Crippen LogP contribution in [0, 0.1) is 5.82 Å². The maximum atomic E-state index is 14.2. The number of aromatic nitrogens is 3. The number of hydrogen-bond donors (Lipinski definition) is 2. The third kappa shape index (κ3) is 3.81. The highest BCUT2D eigenvalue weighted by atomic mass is 35.5. The van der Waals surface area contributed by atoms with E-state index in [-0.39, 0.29) is 12.4 Å². The second-order valence-electron chi connectivity index (χ2n) is 6.73. The largest absolute Gasteiger partial charge is 0.384 e. The molecule has 4 rings (SSSR count). The molecule has 7 nitrogen and oxygen atoms in total. The molecule has 0 fully saturated rings. The second-order valence-corrected chi connectivity index (χ2v) is 7.10. The van der Waals surface area contributed by atoms with E-state index in [9.17, 15) is 4.39 Å². The number of amidine groups is 1. The van der Waals surface area contributed by atoms with E-state index in [1.807, 2.05) is 17.0 Å². The SMILES string of the molecule is NC1=CC(N)N(CCCCl)C(c2nn(Cc3ccccc3F)c3ncccc23)=N1. The third-order valence-corrected chi connectivity index (χ3v) is 5.01. The number of rotatable bonds is 6. The summed E-state index contributed by atoms with van der Waals surface area (Å²) in [6, 6.07) is 10.3. The first-order valence-corrected chi connectivity index (χ1v) is 9.81. The van der Waals surface area contributed by atoms with Crippen LogP contribution in [0.1, 0.15) is 17.7 Å². The topological polar surface area (TPSA) is 98.3 Å². The fourth-order valence-electron chi connectivity index (χ4n) is 3.38. The molecule has 1 aliphatic rings. The minimum absolute atomic E-state index is 0.243. The van der Waals surface area contributed by atoms with Crippen molar-refractivity contribution in [2.24, 2.45) is 16.5 Å². The molecule has 150 valence electrons. The summed E-state index contributed by atoms with van der Waals surface area (Å²) in [5.41, 5.74) is 14.0. The fraction of sp³-hybridized carbons (Fsp3) is 0.250. The van der Waals surface area contributed by atoms with Gasteiger partial charge in [0.2, 0.25) is 0 Å². The van der Waals surface area contributed by atoms with Crippen molar-refractivity contribution in [1.82, 2.24) is 19.7 Å². The van der Waals surface area contributed by atoms with Crippen LogP contribution in [-0.2, 0) is 6.54 Å². The lowest BCUT2D eigenvalue weighted by Gasteiger charge is -2.32. The van der Waals surface area contributed by atoms with Gasteiger partial charge in [0.25, 0.3) is 0 Å². The van der Waals surface area contributed by atoms with E-state index >= 15 is 0 Å². The summed E-state index contributed by atoms with van der Waals surface area (Å²) in [4.78, 5) is 10.9. The minimum Gasteiger partial charge on any atom is -0.384 e. The Bertz CT molecular complexity index is 1090. The van der Waals surface area contributed by atoms with Gasteiger partial charge in [0.15, 0.2) is 11.5 Å². The van der Waals surface area contributed by atoms with Gasteiger partial charge in [-0.05, 0) is 30.7 Å². The van der Waals surface area contributed by atoms with Crippen LogP contribution in [0.5, 0.6) is 0 Å². The molecule has 4 N–H and O–H groups in total. The van der Waals surface area contributed by atoms with E-state index in [1.54, 1.807) is 35.2 Å². The third-order valence-electron chi connectivity index (χ3n) is 4.74. The van der Waals surface area contributed by atoms with E-state index in [0.29, 0.717) is 41.0 Å². The molecule has 0 bridgehead atoms. The van der Waals surface area contributed by atoms with E-state index in [2.05, 4.69) is 9.98 Å². The maximum Gasteiger partial charge on any atom is 0.161 e. The Labute approximate surface area is 172 Å². The van der Waals surface area contributed by atoms with Crippen molar-refractivity contribution in [1.29, 1.82) is 0 Å². The molecule has 3 heterocycles. The minimum atomic E-state index is -0.436. The average molecular weight is 414 g/mol. The fourth-order valence-corrected chi connectivity index (χ4v) is 3.50. The molecule has 9 heteroatoms. The standard InChI is InChI=1S/C20H21ClFN7/c21-8-4-10-28-17(24)11-16(23)26-20(28)18-14-6-3-9-25-19(14)29(27-18)12-13-5-1-2-7-15(13)22/h1-3,5-7,9,11,17H,4,8,10,12,23-24H2. The zero-order chi connectivity index (χ0) is 20.4. The van der Waals surface area contributed by atoms with Gasteiger partial charge >= 0.3 is 0 Å². The lowest BCUT2D eigenvalue weighted by molar-refractivity contribution is 0.357. The molecule has 0 spiro atoms. The highest BCUT2D eigenvalue weighted by Gasteiger charge is 2.27. The zero-order valence-electron chi connectivity index (χ0n) is 15.7. The number of alkyl halides is 1. The first-order chi connectivity index (χ1) is 14.1. The smallest absolute Gasteiger partial charge is 0.161 e. The Balaban J connectivity index is 1.81. The van der Waals surface area contributed by atoms with E-state index in [1.165, 1.54) is 6.07 Å². The van der Waals surface area contributed by atoms with Gasteiger partial charge in [0.05, 0.1) is 11.9 Å². The van der Waals surface area contributed by atoms with Crippen LogP contribution < -0.4 is 11.5 Å². The number of halogens is 2. The van der Waals surface area contributed by atoms with Gasteiger partial charge < -0.3 is 16.4 Å². The van der Waals surface area contributed by atoms with Crippen molar-refractivity contribution < 1.29 is 4.39 Å². The molecular weight excluding hydrogens is 393 g/mol. The number of aliphatic imine (C=N–C) groups is 1. The predicted octanol–water partition coefficient (Wildman–Crippen LogP) is 2.39. The van der Waals surface area contributed by atoms with E-state index in [4.69, 9.17) is 28.2 Å². The molecule has 1 aromatic carbocycles. The first-order valence-electron chi connectivity index (χ1n) is 9.28. The van der Waals surface area contributed by atoms with Gasteiger partial charge in [-0.3, -0.25) is 0 Å². The second kappa shape index (κ2) is 8.18. The van der Waals surface area contributed by atoms with Gasteiger partial charge in [0.1, 0.15) is 23.5 Å². The van der Waals surface area contributed by atoms with E-state index < -0.39 is 6.17 Å². The molecule has 2 aromatic heterocycles. The summed E-state index contributed by atoms with van der Waals surface area (Å²) < 4.78 is 15.9. The Kier molecular flexibility index (Phi) is 5.46. The molecular formula is C20H21ClFN7. The van der Waals surface area contributed by atoms with Crippen LogP contribution in [-0.4, -0.2) is 44.1 Å². The molecule has 29 heavy (non-hydrogen) atoms. The molecule has 0 amide bonds. The monoisotopic (exact) mass is 413 g/mol. The first kappa shape index (κ1) is 19.4. The van der Waals surface area contributed by atoms with Crippen molar-refractivity contribution >= 4 is 28.5 Å². The molecule has 1 unspecified atom stereocenters. The van der Waals surface area contributed by atoms with Crippen molar-refractivity contribution in [3.05, 3.63) is 71.6 Å². The molecule has 0 saturated carbocycles.